The van der Waals surface area contributed by atoms with Crippen molar-refractivity contribution < 1.29 is 14.4 Å². The van der Waals surface area contributed by atoms with Gasteiger partial charge in [-0.05, 0) is 20.3 Å². The molecule has 1 aromatic rings. The number of anilines is 1. The number of rotatable bonds is 4. The average molecular weight is 280 g/mol. The predicted molar refractivity (Wildman–Crippen MR) is 68.7 cm³/mol. The van der Waals surface area contributed by atoms with E-state index in [-0.39, 0.29) is 12.5 Å². The van der Waals surface area contributed by atoms with E-state index >= 15 is 0 Å². The van der Waals surface area contributed by atoms with Crippen molar-refractivity contribution in [3.8, 4) is 0 Å². The van der Waals surface area contributed by atoms with Gasteiger partial charge in [0.15, 0.2) is 0 Å². The number of carbonyl (C=O) groups is 3. The molecule has 1 aliphatic rings. The molecular formula is C11H16N6O3. The molecule has 9 nitrogen and oxygen atoms in total. The van der Waals surface area contributed by atoms with E-state index in [4.69, 9.17) is 0 Å². The van der Waals surface area contributed by atoms with Crippen LogP contribution in [0.25, 0.3) is 0 Å². The molecule has 1 aliphatic heterocycles. The van der Waals surface area contributed by atoms with Crippen molar-refractivity contribution >= 4 is 23.8 Å². The molecule has 2 heterocycles. The molecule has 1 fully saturated rings. The molecule has 1 unspecified atom stereocenters. The molecule has 0 aliphatic carbocycles. The summed E-state index contributed by atoms with van der Waals surface area (Å²) in [6, 6.07) is -0.569. The molecule has 20 heavy (non-hydrogen) atoms. The largest absolute Gasteiger partial charge is 0.325 e. The van der Waals surface area contributed by atoms with Crippen LogP contribution in [-0.4, -0.2) is 50.0 Å². The van der Waals surface area contributed by atoms with Crippen LogP contribution in [0, 0.1) is 6.92 Å². The van der Waals surface area contributed by atoms with Gasteiger partial charge in [0.1, 0.15) is 17.9 Å². The van der Waals surface area contributed by atoms with Crippen LogP contribution in [0.15, 0.2) is 0 Å². The van der Waals surface area contributed by atoms with Crippen LogP contribution in [0.5, 0.6) is 0 Å². The van der Waals surface area contributed by atoms with Gasteiger partial charge in [0, 0.05) is 0 Å². The molecule has 1 saturated heterocycles. The fourth-order valence-electron chi connectivity index (χ4n) is 1.84. The number of imide groups is 1. The third kappa shape index (κ3) is 2.46. The number of aromatic amines is 1. The Kier molecular flexibility index (Phi) is 3.43. The molecule has 0 spiro atoms. The average Bonchev–Trinajstić information content (AvgIpc) is 2.87. The van der Waals surface area contributed by atoms with Crippen molar-refractivity contribution in [2.45, 2.75) is 32.7 Å². The summed E-state index contributed by atoms with van der Waals surface area (Å²) in [7, 11) is 0. The number of nitrogens with zero attached hydrogens (tertiary/aromatic N) is 3. The van der Waals surface area contributed by atoms with Gasteiger partial charge in [-0.3, -0.25) is 24.9 Å². The summed E-state index contributed by atoms with van der Waals surface area (Å²) < 4.78 is 0. The van der Waals surface area contributed by atoms with Gasteiger partial charge in [-0.2, -0.15) is 4.98 Å². The van der Waals surface area contributed by atoms with E-state index in [2.05, 4.69) is 25.8 Å². The van der Waals surface area contributed by atoms with Gasteiger partial charge in [-0.25, -0.2) is 4.79 Å². The molecular weight excluding hydrogens is 264 g/mol. The number of H-pyrrole nitrogens is 1. The lowest BCUT2D eigenvalue weighted by Gasteiger charge is -2.18. The molecule has 9 heteroatoms. The van der Waals surface area contributed by atoms with Gasteiger partial charge in [-0.15, -0.1) is 5.10 Å². The first kappa shape index (κ1) is 14.0. The standard InChI is InChI=1S/C11H16N6O3/c1-4-11(3)8(19)17(10(20)14-11)5-7(18)13-9-12-6(2)15-16-9/h4-5H2,1-3H3,(H,14,20)(H2,12,13,15,16,18). The van der Waals surface area contributed by atoms with E-state index in [1.165, 1.54) is 0 Å². The van der Waals surface area contributed by atoms with Crippen LogP contribution in [0.2, 0.25) is 0 Å². The Morgan fingerprint density at radius 2 is 2.15 bits per heavy atom. The number of nitrogens with one attached hydrogen (secondary N) is 3. The first-order valence-corrected chi connectivity index (χ1v) is 6.18. The number of hydrogen-bond donors (Lipinski definition) is 3. The number of aromatic nitrogens is 3. The van der Waals surface area contributed by atoms with E-state index in [9.17, 15) is 14.4 Å². The summed E-state index contributed by atoms with van der Waals surface area (Å²) in [6.45, 7) is 4.74. The Morgan fingerprint density at radius 1 is 1.45 bits per heavy atom. The molecule has 2 rings (SSSR count). The fourth-order valence-corrected chi connectivity index (χ4v) is 1.84. The minimum absolute atomic E-state index is 0.109. The summed E-state index contributed by atoms with van der Waals surface area (Å²) >= 11 is 0. The number of carbonyl (C=O) groups excluding carboxylic acids is 3. The number of amides is 4. The molecule has 1 atom stereocenters. The second-order valence-corrected chi connectivity index (χ2v) is 4.80. The van der Waals surface area contributed by atoms with Gasteiger partial charge in [0.25, 0.3) is 5.91 Å². The van der Waals surface area contributed by atoms with Gasteiger partial charge in [0.2, 0.25) is 11.9 Å². The zero-order chi connectivity index (χ0) is 14.9. The van der Waals surface area contributed by atoms with Gasteiger partial charge < -0.3 is 5.32 Å². The van der Waals surface area contributed by atoms with E-state index in [1.54, 1.807) is 20.8 Å². The van der Waals surface area contributed by atoms with Crippen LogP contribution in [0.4, 0.5) is 10.7 Å². The monoisotopic (exact) mass is 280 g/mol. The van der Waals surface area contributed by atoms with Crippen LogP contribution < -0.4 is 10.6 Å². The summed E-state index contributed by atoms with van der Waals surface area (Å²) in [5.41, 5.74) is -0.946. The number of aryl methyl sites for hydroxylation is 1. The lowest BCUT2D eigenvalue weighted by molar-refractivity contribution is -0.133. The molecule has 0 aromatic carbocycles. The van der Waals surface area contributed by atoms with Crippen molar-refractivity contribution in [1.82, 2.24) is 25.4 Å². The second kappa shape index (κ2) is 4.91. The summed E-state index contributed by atoms with van der Waals surface area (Å²) in [5, 5.41) is 11.3. The topological polar surface area (TPSA) is 120 Å². The summed E-state index contributed by atoms with van der Waals surface area (Å²) in [6.07, 6.45) is 0.454. The molecule has 0 radical (unpaired) electrons. The quantitative estimate of drug-likeness (QED) is 0.658. The predicted octanol–water partition coefficient (Wildman–Crippen LogP) is -0.228. The van der Waals surface area contributed by atoms with Crippen molar-refractivity contribution in [1.29, 1.82) is 0 Å². The van der Waals surface area contributed by atoms with Gasteiger partial charge in [-0.1, -0.05) is 6.92 Å². The third-order valence-electron chi connectivity index (χ3n) is 3.20. The Hall–Kier alpha value is -2.45. The lowest BCUT2D eigenvalue weighted by atomic mass is 9.99. The van der Waals surface area contributed by atoms with Crippen molar-refractivity contribution in [3.05, 3.63) is 5.82 Å². The van der Waals surface area contributed by atoms with Crippen molar-refractivity contribution in [2.24, 2.45) is 0 Å². The maximum atomic E-state index is 12.1. The summed E-state index contributed by atoms with van der Waals surface area (Å²) in [4.78, 5) is 40.4. The minimum atomic E-state index is -0.946. The minimum Gasteiger partial charge on any atom is -0.323 e. The Bertz CT molecular complexity index is 568. The molecule has 108 valence electrons. The number of urea groups is 1. The van der Waals surface area contributed by atoms with Crippen molar-refractivity contribution in [2.75, 3.05) is 11.9 Å². The Labute approximate surface area is 115 Å². The maximum absolute atomic E-state index is 12.1. The van der Waals surface area contributed by atoms with Crippen LogP contribution in [-0.2, 0) is 9.59 Å². The molecule has 4 amide bonds. The van der Waals surface area contributed by atoms with Crippen LogP contribution >= 0.6 is 0 Å². The molecule has 0 saturated carbocycles. The number of hydrogen-bond acceptors (Lipinski definition) is 5. The highest BCUT2D eigenvalue weighted by Crippen LogP contribution is 2.20. The molecule has 3 N–H and O–H groups in total. The summed E-state index contributed by atoms with van der Waals surface area (Å²) in [5.74, 6) is -0.286. The fraction of sp³-hybridized carbons (Fsp3) is 0.545. The SMILES string of the molecule is CCC1(C)NC(=O)N(CC(=O)Nc2n[nH]c(C)n2)C1=O. The van der Waals surface area contributed by atoms with Crippen molar-refractivity contribution in [3.63, 3.8) is 0 Å². The zero-order valence-electron chi connectivity index (χ0n) is 11.5. The van der Waals surface area contributed by atoms with Crippen LogP contribution in [0.3, 0.4) is 0 Å². The highest BCUT2D eigenvalue weighted by atomic mass is 16.2. The first-order chi connectivity index (χ1) is 9.35. The van der Waals surface area contributed by atoms with E-state index in [0.29, 0.717) is 12.2 Å². The van der Waals surface area contributed by atoms with Gasteiger partial charge in [0.05, 0.1) is 0 Å². The normalized spacial score (nSPS) is 22.1. The zero-order valence-corrected chi connectivity index (χ0v) is 11.5. The second-order valence-electron chi connectivity index (χ2n) is 4.80. The van der Waals surface area contributed by atoms with Crippen LogP contribution in [0.1, 0.15) is 26.1 Å². The third-order valence-corrected chi connectivity index (χ3v) is 3.20. The van der Waals surface area contributed by atoms with Gasteiger partial charge >= 0.3 is 6.03 Å². The first-order valence-electron chi connectivity index (χ1n) is 6.18. The lowest BCUT2D eigenvalue weighted by Crippen LogP contribution is -2.44. The van der Waals surface area contributed by atoms with E-state index < -0.39 is 23.4 Å². The maximum Gasteiger partial charge on any atom is 0.325 e. The highest BCUT2D eigenvalue weighted by molar-refractivity contribution is 6.09. The van der Waals surface area contributed by atoms with E-state index in [1.807, 2.05) is 0 Å². The molecule has 0 bridgehead atoms. The highest BCUT2D eigenvalue weighted by Gasteiger charge is 2.46. The smallest absolute Gasteiger partial charge is 0.323 e. The Morgan fingerprint density at radius 3 is 2.65 bits per heavy atom. The molecule has 1 aromatic heterocycles. The van der Waals surface area contributed by atoms with E-state index in [0.717, 1.165) is 4.90 Å². The Balaban J connectivity index is 2.01.